The van der Waals surface area contributed by atoms with Gasteiger partial charge in [0.2, 0.25) is 5.91 Å². The summed E-state index contributed by atoms with van der Waals surface area (Å²) in [5.74, 6) is -0.947. The molecule has 2 rings (SSSR count). The first-order chi connectivity index (χ1) is 9.06. The molecule has 3 atom stereocenters. The predicted molar refractivity (Wildman–Crippen MR) is 71.2 cm³/mol. The van der Waals surface area contributed by atoms with Crippen LogP contribution in [0, 0.1) is 11.8 Å². The molecule has 1 aliphatic rings. The fraction of sp³-hybridized carbons (Fsp3) is 0.467. The van der Waals surface area contributed by atoms with Crippen LogP contribution in [0.1, 0.15) is 25.5 Å². The number of rotatable bonds is 3. The van der Waals surface area contributed by atoms with Gasteiger partial charge in [0, 0.05) is 6.54 Å². The minimum absolute atomic E-state index is 0.0201. The molecule has 4 heteroatoms. The van der Waals surface area contributed by atoms with Gasteiger partial charge in [-0.2, -0.15) is 0 Å². The van der Waals surface area contributed by atoms with E-state index in [9.17, 15) is 9.59 Å². The first kappa shape index (κ1) is 13.6. The van der Waals surface area contributed by atoms with E-state index in [1.54, 1.807) is 11.8 Å². The van der Waals surface area contributed by atoms with Crippen molar-refractivity contribution in [3.05, 3.63) is 35.9 Å². The van der Waals surface area contributed by atoms with Gasteiger partial charge in [-0.25, -0.2) is 0 Å². The largest absolute Gasteiger partial charge is 0.469 e. The van der Waals surface area contributed by atoms with Crippen LogP contribution in [0.3, 0.4) is 0 Å². The molecule has 0 bridgehead atoms. The maximum Gasteiger partial charge on any atom is 0.311 e. The first-order valence-corrected chi connectivity index (χ1v) is 6.49. The Morgan fingerprint density at radius 3 is 2.58 bits per heavy atom. The number of ether oxygens (including phenoxy) is 1. The van der Waals surface area contributed by atoms with Crippen molar-refractivity contribution in [3.63, 3.8) is 0 Å². The number of esters is 1. The number of benzene rings is 1. The molecule has 0 aliphatic carbocycles. The predicted octanol–water partition coefficient (Wildman–Crippen LogP) is 2.02. The molecule has 0 aromatic heterocycles. The number of methoxy groups -OCH3 is 1. The van der Waals surface area contributed by atoms with Gasteiger partial charge in [0.15, 0.2) is 0 Å². The third kappa shape index (κ3) is 2.48. The molecule has 1 aliphatic heterocycles. The van der Waals surface area contributed by atoms with Crippen LogP contribution in [-0.2, 0) is 14.3 Å². The quantitative estimate of drug-likeness (QED) is 0.782. The number of amides is 1. The second kappa shape index (κ2) is 5.43. The summed E-state index contributed by atoms with van der Waals surface area (Å²) in [6, 6.07) is 9.82. The Morgan fingerprint density at radius 2 is 2.00 bits per heavy atom. The normalized spacial score (nSPS) is 24.4. The minimum atomic E-state index is -0.358. The highest BCUT2D eigenvalue weighted by molar-refractivity contribution is 5.89. The molecule has 102 valence electrons. The van der Waals surface area contributed by atoms with Gasteiger partial charge < -0.3 is 9.64 Å². The number of nitrogens with zero attached hydrogens (tertiary/aromatic N) is 1. The fourth-order valence-corrected chi connectivity index (χ4v) is 2.58. The Labute approximate surface area is 113 Å². The maximum atomic E-state index is 12.3. The molecule has 0 saturated carbocycles. The third-order valence-electron chi connectivity index (χ3n) is 3.92. The summed E-state index contributed by atoms with van der Waals surface area (Å²) in [5.41, 5.74) is 1.08. The topological polar surface area (TPSA) is 46.6 Å². The van der Waals surface area contributed by atoms with Crippen molar-refractivity contribution in [2.45, 2.75) is 19.9 Å². The lowest BCUT2D eigenvalue weighted by Gasteiger charge is -2.25. The number of hydrogen-bond acceptors (Lipinski definition) is 3. The highest BCUT2D eigenvalue weighted by Gasteiger charge is 2.43. The molecule has 1 saturated heterocycles. The highest BCUT2D eigenvalue weighted by atomic mass is 16.5. The van der Waals surface area contributed by atoms with Crippen molar-refractivity contribution in [1.82, 2.24) is 4.90 Å². The van der Waals surface area contributed by atoms with Crippen molar-refractivity contribution >= 4 is 11.9 Å². The number of hydrogen-bond donors (Lipinski definition) is 0. The minimum Gasteiger partial charge on any atom is -0.469 e. The second-order valence-corrected chi connectivity index (χ2v) is 5.00. The summed E-state index contributed by atoms with van der Waals surface area (Å²) in [7, 11) is 1.36. The van der Waals surface area contributed by atoms with Crippen molar-refractivity contribution < 1.29 is 14.3 Å². The van der Waals surface area contributed by atoms with E-state index in [2.05, 4.69) is 0 Å². The summed E-state index contributed by atoms with van der Waals surface area (Å²) in [5, 5.41) is 0. The van der Waals surface area contributed by atoms with E-state index < -0.39 is 0 Å². The van der Waals surface area contributed by atoms with Gasteiger partial charge in [-0.15, -0.1) is 0 Å². The molecular weight excluding hydrogens is 242 g/mol. The summed E-state index contributed by atoms with van der Waals surface area (Å²) in [6.07, 6.45) is 0. The zero-order valence-electron chi connectivity index (χ0n) is 11.5. The molecule has 4 nitrogen and oxygen atoms in total. The van der Waals surface area contributed by atoms with E-state index in [0.29, 0.717) is 6.54 Å². The van der Waals surface area contributed by atoms with E-state index in [0.717, 1.165) is 5.56 Å². The SMILES string of the molecule is COC(=O)[C@H]1CN([C@@H](C)c2ccccc2)C(=O)[C@@H]1C. The van der Waals surface area contributed by atoms with Crippen LogP contribution in [0.15, 0.2) is 30.3 Å². The Bertz CT molecular complexity index is 472. The van der Waals surface area contributed by atoms with Crippen LogP contribution < -0.4 is 0 Å². The Kier molecular flexibility index (Phi) is 3.88. The van der Waals surface area contributed by atoms with Gasteiger partial charge >= 0.3 is 5.97 Å². The standard InChI is InChI=1S/C15H19NO3/c1-10-13(15(18)19-3)9-16(14(10)17)11(2)12-7-5-4-6-8-12/h4-8,10-11,13H,9H2,1-3H3/t10-,11+,13+/m1/s1. The van der Waals surface area contributed by atoms with Crippen molar-refractivity contribution in [2.24, 2.45) is 11.8 Å². The van der Waals surface area contributed by atoms with Crippen LogP contribution >= 0.6 is 0 Å². The van der Waals surface area contributed by atoms with Crippen LogP contribution in [0.4, 0.5) is 0 Å². The molecule has 0 unspecified atom stereocenters. The number of carbonyl (C=O) groups excluding carboxylic acids is 2. The van der Waals surface area contributed by atoms with Crippen molar-refractivity contribution in [1.29, 1.82) is 0 Å². The molecule has 0 spiro atoms. The first-order valence-electron chi connectivity index (χ1n) is 6.49. The van der Waals surface area contributed by atoms with Gasteiger partial charge in [-0.1, -0.05) is 37.3 Å². The zero-order chi connectivity index (χ0) is 14.0. The van der Waals surface area contributed by atoms with Gasteiger partial charge in [0.25, 0.3) is 0 Å². The Morgan fingerprint density at radius 1 is 1.37 bits per heavy atom. The van der Waals surface area contributed by atoms with E-state index >= 15 is 0 Å². The average molecular weight is 261 g/mol. The molecule has 1 aromatic rings. The van der Waals surface area contributed by atoms with Gasteiger partial charge in [-0.3, -0.25) is 9.59 Å². The third-order valence-corrected chi connectivity index (χ3v) is 3.92. The Balaban J connectivity index is 2.18. The molecular formula is C15H19NO3. The van der Waals surface area contributed by atoms with E-state index in [1.165, 1.54) is 7.11 Å². The smallest absolute Gasteiger partial charge is 0.311 e. The molecule has 1 fully saturated rings. The van der Waals surface area contributed by atoms with E-state index in [1.807, 2.05) is 37.3 Å². The van der Waals surface area contributed by atoms with Gasteiger partial charge in [0.05, 0.1) is 25.0 Å². The van der Waals surface area contributed by atoms with Crippen LogP contribution in [0.25, 0.3) is 0 Å². The number of likely N-dealkylation sites (tertiary alicyclic amines) is 1. The summed E-state index contributed by atoms with van der Waals surface area (Å²) in [6.45, 7) is 4.21. The molecule has 19 heavy (non-hydrogen) atoms. The van der Waals surface area contributed by atoms with Crippen LogP contribution in [0.5, 0.6) is 0 Å². The lowest BCUT2D eigenvalue weighted by atomic mass is 9.98. The van der Waals surface area contributed by atoms with Gasteiger partial charge in [-0.05, 0) is 12.5 Å². The molecule has 1 aromatic carbocycles. The molecule has 0 radical (unpaired) electrons. The lowest BCUT2D eigenvalue weighted by molar-refractivity contribution is -0.147. The average Bonchev–Trinajstić information content (AvgIpc) is 2.75. The summed E-state index contributed by atoms with van der Waals surface area (Å²) >= 11 is 0. The Hall–Kier alpha value is -1.84. The van der Waals surface area contributed by atoms with Crippen LogP contribution in [0.2, 0.25) is 0 Å². The molecule has 1 heterocycles. The second-order valence-electron chi connectivity index (χ2n) is 5.00. The fourth-order valence-electron chi connectivity index (χ4n) is 2.58. The summed E-state index contributed by atoms with van der Waals surface area (Å²) in [4.78, 5) is 25.7. The zero-order valence-corrected chi connectivity index (χ0v) is 11.5. The monoisotopic (exact) mass is 261 g/mol. The number of carbonyl (C=O) groups is 2. The highest BCUT2D eigenvalue weighted by Crippen LogP contribution is 2.32. The van der Waals surface area contributed by atoms with E-state index in [-0.39, 0.29) is 29.8 Å². The van der Waals surface area contributed by atoms with Crippen molar-refractivity contribution in [2.75, 3.05) is 13.7 Å². The van der Waals surface area contributed by atoms with Crippen molar-refractivity contribution in [3.8, 4) is 0 Å². The van der Waals surface area contributed by atoms with Gasteiger partial charge in [0.1, 0.15) is 0 Å². The molecule has 0 N–H and O–H groups in total. The van der Waals surface area contributed by atoms with Crippen LogP contribution in [-0.4, -0.2) is 30.4 Å². The lowest BCUT2D eigenvalue weighted by Crippen LogP contribution is -2.29. The maximum absolute atomic E-state index is 12.3. The van der Waals surface area contributed by atoms with E-state index in [4.69, 9.17) is 4.74 Å². The molecule has 1 amide bonds. The summed E-state index contributed by atoms with van der Waals surface area (Å²) < 4.78 is 4.77.